The number of halogens is 2. The number of hydrogen-bond donors (Lipinski definition) is 0. The van der Waals surface area contributed by atoms with Gasteiger partial charge >= 0.3 is 5.97 Å². The molecule has 0 unspecified atom stereocenters. The SMILES string of the molecule is COC(=O)c1c(Cl)c(SCl)cn1C. The van der Waals surface area contributed by atoms with E-state index in [0.29, 0.717) is 15.6 Å². The second-order valence-electron chi connectivity index (χ2n) is 2.34. The van der Waals surface area contributed by atoms with E-state index in [1.807, 2.05) is 0 Å². The molecule has 0 radical (unpaired) electrons. The number of hydrogen-bond acceptors (Lipinski definition) is 3. The van der Waals surface area contributed by atoms with Crippen molar-refractivity contribution in [3.8, 4) is 0 Å². The smallest absolute Gasteiger partial charge is 0.356 e. The second kappa shape index (κ2) is 4.26. The summed E-state index contributed by atoms with van der Waals surface area (Å²) >= 11 is 5.88. The van der Waals surface area contributed by atoms with Crippen LogP contribution in [0.15, 0.2) is 11.1 Å². The Hall–Kier alpha value is -0.320. The third kappa shape index (κ3) is 1.95. The number of aromatic nitrogens is 1. The van der Waals surface area contributed by atoms with Gasteiger partial charge in [0.2, 0.25) is 0 Å². The Kier molecular flexibility index (Phi) is 3.53. The van der Waals surface area contributed by atoms with Crippen molar-refractivity contribution in [2.75, 3.05) is 7.11 Å². The molecule has 0 atom stereocenters. The summed E-state index contributed by atoms with van der Waals surface area (Å²) in [6.45, 7) is 0. The molecule has 0 aliphatic carbocycles. The average molecular weight is 240 g/mol. The number of ether oxygens (including phenoxy) is 1. The molecule has 0 bridgehead atoms. The Balaban J connectivity index is 3.20. The van der Waals surface area contributed by atoms with Gasteiger partial charge in [-0.25, -0.2) is 4.79 Å². The van der Waals surface area contributed by atoms with E-state index >= 15 is 0 Å². The van der Waals surface area contributed by atoms with Gasteiger partial charge in [0.1, 0.15) is 5.69 Å². The predicted molar refractivity (Wildman–Crippen MR) is 53.5 cm³/mol. The molecular weight excluding hydrogens is 233 g/mol. The van der Waals surface area contributed by atoms with Crippen molar-refractivity contribution >= 4 is 39.2 Å². The largest absolute Gasteiger partial charge is 0.464 e. The zero-order chi connectivity index (χ0) is 10.0. The van der Waals surface area contributed by atoms with E-state index in [1.165, 1.54) is 7.11 Å². The highest BCUT2D eigenvalue weighted by Gasteiger charge is 2.19. The van der Waals surface area contributed by atoms with Crippen LogP contribution < -0.4 is 0 Å². The third-order valence-corrected chi connectivity index (χ3v) is 3.02. The molecule has 1 aromatic rings. The first-order valence-corrected chi connectivity index (χ1v) is 5.35. The molecule has 1 aromatic heterocycles. The highest BCUT2D eigenvalue weighted by atomic mass is 35.7. The first-order chi connectivity index (χ1) is 6.11. The fourth-order valence-corrected chi connectivity index (χ4v) is 2.16. The third-order valence-electron chi connectivity index (χ3n) is 1.55. The molecule has 13 heavy (non-hydrogen) atoms. The number of esters is 1. The minimum absolute atomic E-state index is 0.312. The molecule has 0 aromatic carbocycles. The topological polar surface area (TPSA) is 31.2 Å². The van der Waals surface area contributed by atoms with E-state index in [2.05, 4.69) is 4.74 Å². The van der Waals surface area contributed by atoms with Crippen LogP contribution in [0.3, 0.4) is 0 Å². The molecule has 72 valence electrons. The molecule has 6 heteroatoms. The standard InChI is InChI=1S/C7H7Cl2NO2S/c1-10-3-4(13-9)5(8)6(10)7(11)12-2/h3H,1-2H3. The molecule has 0 saturated carbocycles. The number of rotatable bonds is 2. The van der Waals surface area contributed by atoms with Crippen LogP contribution in [-0.4, -0.2) is 17.6 Å². The number of methoxy groups -OCH3 is 1. The zero-order valence-electron chi connectivity index (χ0n) is 7.01. The summed E-state index contributed by atoms with van der Waals surface area (Å²) in [5.74, 6) is -0.468. The summed E-state index contributed by atoms with van der Waals surface area (Å²) in [4.78, 5) is 11.8. The molecule has 0 N–H and O–H groups in total. The van der Waals surface area contributed by atoms with Crippen LogP contribution in [0.5, 0.6) is 0 Å². The van der Waals surface area contributed by atoms with Gasteiger partial charge in [0.15, 0.2) is 0 Å². The monoisotopic (exact) mass is 239 g/mol. The summed E-state index contributed by atoms with van der Waals surface area (Å²) in [6.07, 6.45) is 1.67. The number of aryl methyl sites for hydroxylation is 1. The molecule has 0 amide bonds. The first kappa shape index (κ1) is 10.8. The minimum atomic E-state index is -0.468. The number of carbonyl (C=O) groups is 1. The minimum Gasteiger partial charge on any atom is -0.464 e. The Bertz CT molecular complexity index is 337. The van der Waals surface area contributed by atoms with Gasteiger partial charge in [-0.2, -0.15) is 0 Å². The van der Waals surface area contributed by atoms with Crippen LogP contribution >= 0.6 is 33.3 Å². The zero-order valence-corrected chi connectivity index (χ0v) is 9.33. The first-order valence-electron chi connectivity index (χ1n) is 3.33. The van der Waals surface area contributed by atoms with E-state index in [0.717, 1.165) is 11.0 Å². The second-order valence-corrected chi connectivity index (χ2v) is 3.77. The fraction of sp³-hybridized carbons (Fsp3) is 0.286. The Morgan fingerprint density at radius 3 is 2.69 bits per heavy atom. The van der Waals surface area contributed by atoms with Gasteiger partial charge in [0, 0.05) is 13.2 Å². The van der Waals surface area contributed by atoms with Crippen molar-refractivity contribution in [1.29, 1.82) is 0 Å². The molecule has 0 spiro atoms. The fourth-order valence-electron chi connectivity index (χ4n) is 0.953. The van der Waals surface area contributed by atoms with E-state index in [1.54, 1.807) is 17.8 Å². The lowest BCUT2D eigenvalue weighted by molar-refractivity contribution is 0.0590. The lowest BCUT2D eigenvalue weighted by atomic mass is 10.4. The van der Waals surface area contributed by atoms with E-state index < -0.39 is 5.97 Å². The van der Waals surface area contributed by atoms with Gasteiger partial charge in [-0.1, -0.05) is 11.6 Å². The quantitative estimate of drug-likeness (QED) is 0.744. The van der Waals surface area contributed by atoms with Crippen LogP contribution in [0.2, 0.25) is 5.02 Å². The lowest BCUT2D eigenvalue weighted by Crippen LogP contribution is -2.07. The van der Waals surface area contributed by atoms with Crippen molar-refractivity contribution in [2.24, 2.45) is 7.05 Å². The van der Waals surface area contributed by atoms with Crippen molar-refractivity contribution in [1.82, 2.24) is 4.57 Å². The predicted octanol–water partition coefficient (Wildman–Crippen LogP) is 2.71. The summed E-state index contributed by atoms with van der Waals surface area (Å²) in [6, 6.07) is 0. The van der Waals surface area contributed by atoms with Crippen LogP contribution in [0.4, 0.5) is 0 Å². The number of carbonyl (C=O) groups excluding carboxylic acids is 1. The van der Waals surface area contributed by atoms with Crippen LogP contribution in [0.25, 0.3) is 0 Å². The maximum absolute atomic E-state index is 11.2. The van der Waals surface area contributed by atoms with Gasteiger partial charge in [-0.3, -0.25) is 0 Å². The van der Waals surface area contributed by atoms with Gasteiger partial charge < -0.3 is 9.30 Å². The van der Waals surface area contributed by atoms with Crippen molar-refractivity contribution in [2.45, 2.75) is 4.90 Å². The van der Waals surface area contributed by atoms with E-state index in [9.17, 15) is 4.79 Å². The van der Waals surface area contributed by atoms with Crippen molar-refractivity contribution in [3.05, 3.63) is 16.9 Å². The number of nitrogens with zero attached hydrogens (tertiary/aromatic N) is 1. The van der Waals surface area contributed by atoms with Crippen molar-refractivity contribution < 1.29 is 9.53 Å². The summed E-state index contributed by atoms with van der Waals surface area (Å²) in [5.41, 5.74) is 0.312. The lowest BCUT2D eigenvalue weighted by Gasteiger charge is -2.00. The molecular formula is C7H7Cl2NO2S. The molecule has 1 rings (SSSR count). The maximum atomic E-state index is 11.2. The summed E-state index contributed by atoms with van der Waals surface area (Å²) in [7, 11) is 9.51. The normalized spacial score (nSPS) is 10.2. The van der Waals surface area contributed by atoms with Gasteiger partial charge in [-0.05, 0) is 21.7 Å². The average Bonchev–Trinajstić information content (AvgIpc) is 2.40. The van der Waals surface area contributed by atoms with Crippen LogP contribution in [-0.2, 0) is 11.8 Å². The summed E-state index contributed by atoms with van der Waals surface area (Å²) < 4.78 is 6.14. The highest BCUT2D eigenvalue weighted by Crippen LogP contribution is 2.33. The molecule has 0 aliphatic rings. The highest BCUT2D eigenvalue weighted by molar-refractivity contribution is 8.21. The Morgan fingerprint density at radius 2 is 2.31 bits per heavy atom. The van der Waals surface area contributed by atoms with E-state index in [4.69, 9.17) is 22.3 Å². The van der Waals surface area contributed by atoms with Gasteiger partial charge in [-0.15, -0.1) is 0 Å². The van der Waals surface area contributed by atoms with Gasteiger partial charge in [0.25, 0.3) is 0 Å². The molecule has 0 fully saturated rings. The Morgan fingerprint density at radius 1 is 1.69 bits per heavy atom. The van der Waals surface area contributed by atoms with Crippen LogP contribution in [0.1, 0.15) is 10.5 Å². The maximum Gasteiger partial charge on any atom is 0.356 e. The van der Waals surface area contributed by atoms with Crippen LogP contribution in [0, 0.1) is 0 Å². The molecule has 0 aliphatic heterocycles. The molecule has 1 heterocycles. The summed E-state index contributed by atoms with van der Waals surface area (Å²) in [5, 5.41) is 0.328. The van der Waals surface area contributed by atoms with Crippen molar-refractivity contribution in [3.63, 3.8) is 0 Å². The van der Waals surface area contributed by atoms with Gasteiger partial charge in [0.05, 0.1) is 17.0 Å². The molecule has 3 nitrogen and oxygen atoms in total. The van der Waals surface area contributed by atoms with E-state index in [-0.39, 0.29) is 0 Å². The Labute approximate surface area is 89.5 Å². The molecule has 0 saturated heterocycles.